The highest BCUT2D eigenvalue weighted by Crippen LogP contribution is 2.19. The number of methoxy groups -OCH3 is 1. The second kappa shape index (κ2) is 5.99. The van der Waals surface area contributed by atoms with Crippen molar-refractivity contribution in [2.75, 3.05) is 13.7 Å². The summed E-state index contributed by atoms with van der Waals surface area (Å²) in [4.78, 5) is 23.9. The molecule has 0 atom stereocenters. The molecule has 0 N–H and O–H groups in total. The van der Waals surface area contributed by atoms with Gasteiger partial charge in [0, 0.05) is 6.20 Å². The second-order valence-corrected chi connectivity index (χ2v) is 4.94. The first kappa shape index (κ1) is 15.1. The average molecular weight is 293 g/mol. The van der Waals surface area contributed by atoms with E-state index < -0.39 is 5.97 Å². The Morgan fingerprint density at radius 2 is 2.14 bits per heavy atom. The van der Waals surface area contributed by atoms with Gasteiger partial charge in [-0.05, 0) is 24.5 Å². The third-order valence-electron chi connectivity index (χ3n) is 3.14. The zero-order valence-corrected chi connectivity index (χ0v) is 12.6. The second-order valence-electron chi connectivity index (χ2n) is 4.94. The third kappa shape index (κ3) is 2.91. The van der Waals surface area contributed by atoms with Crippen LogP contribution >= 0.6 is 0 Å². The number of nitrogens with zero attached hydrogens (tertiary/aromatic N) is 3. The van der Waals surface area contributed by atoms with Gasteiger partial charge in [-0.25, -0.2) is 4.68 Å². The van der Waals surface area contributed by atoms with Gasteiger partial charge in [-0.15, -0.1) is 5.10 Å². The summed E-state index contributed by atoms with van der Waals surface area (Å²) in [7, 11) is 1.47. The fraction of sp³-hybridized carbons (Fsp3) is 0.500. The van der Waals surface area contributed by atoms with Crippen LogP contribution in [0.4, 0.5) is 0 Å². The van der Waals surface area contributed by atoms with Crippen molar-refractivity contribution in [1.29, 1.82) is 0 Å². The molecule has 2 aromatic rings. The van der Waals surface area contributed by atoms with E-state index in [1.165, 1.54) is 7.11 Å². The number of rotatable bonds is 5. The van der Waals surface area contributed by atoms with E-state index in [1.54, 1.807) is 17.4 Å². The van der Waals surface area contributed by atoms with Crippen molar-refractivity contribution in [3.05, 3.63) is 28.2 Å². The summed E-state index contributed by atoms with van der Waals surface area (Å²) < 4.78 is 12.7. The molecule has 2 rings (SSSR count). The Balaban J connectivity index is 2.55. The molecule has 0 spiro atoms. The normalized spacial score (nSPS) is 11.1. The lowest BCUT2D eigenvalue weighted by Gasteiger charge is -2.08. The van der Waals surface area contributed by atoms with Crippen molar-refractivity contribution >= 4 is 11.5 Å². The SMILES string of the molecule is CCOC(=O)Cn1nc(OC)n2cc(C(C)C)cc2c1=O. The van der Waals surface area contributed by atoms with Crippen molar-refractivity contribution in [2.24, 2.45) is 0 Å². The largest absolute Gasteiger partial charge is 0.467 e. The minimum Gasteiger partial charge on any atom is -0.467 e. The molecule has 2 aromatic heterocycles. The van der Waals surface area contributed by atoms with E-state index >= 15 is 0 Å². The number of ether oxygens (including phenoxy) is 2. The maximum atomic E-state index is 12.4. The topological polar surface area (TPSA) is 74.8 Å². The van der Waals surface area contributed by atoms with Crippen LogP contribution in [0.2, 0.25) is 0 Å². The number of hydrogen-bond donors (Lipinski definition) is 0. The quantitative estimate of drug-likeness (QED) is 0.774. The standard InChI is InChI=1S/C14H19N3O4/c1-5-21-12(18)8-17-13(19)11-6-10(9(2)3)7-16(11)14(15-17)20-4/h6-7,9H,5,8H2,1-4H3. The molecule has 0 aliphatic carbocycles. The Hall–Kier alpha value is -2.31. The lowest BCUT2D eigenvalue weighted by atomic mass is 10.1. The predicted octanol–water partition coefficient (Wildman–Crippen LogP) is 1.19. The maximum absolute atomic E-state index is 12.4. The molecule has 2 heterocycles. The Labute approximate surface area is 122 Å². The fourth-order valence-electron chi connectivity index (χ4n) is 2.03. The molecule has 0 fully saturated rings. The molecule has 0 aliphatic rings. The molecule has 0 aliphatic heterocycles. The summed E-state index contributed by atoms with van der Waals surface area (Å²) in [6.45, 7) is 5.80. The molecule has 114 valence electrons. The Morgan fingerprint density at radius 1 is 1.43 bits per heavy atom. The lowest BCUT2D eigenvalue weighted by Crippen LogP contribution is -2.29. The van der Waals surface area contributed by atoms with Gasteiger partial charge in [0.25, 0.3) is 5.56 Å². The van der Waals surface area contributed by atoms with Crippen molar-refractivity contribution in [1.82, 2.24) is 14.2 Å². The van der Waals surface area contributed by atoms with Gasteiger partial charge in [-0.2, -0.15) is 0 Å². The molecule has 0 saturated carbocycles. The van der Waals surface area contributed by atoms with Crippen LogP contribution in [0.25, 0.3) is 5.52 Å². The first-order valence-corrected chi connectivity index (χ1v) is 6.80. The molecular weight excluding hydrogens is 274 g/mol. The van der Waals surface area contributed by atoms with Gasteiger partial charge in [0.2, 0.25) is 0 Å². The van der Waals surface area contributed by atoms with Gasteiger partial charge >= 0.3 is 12.0 Å². The monoisotopic (exact) mass is 293 g/mol. The Morgan fingerprint density at radius 3 is 2.71 bits per heavy atom. The molecule has 0 aromatic carbocycles. The fourth-order valence-corrected chi connectivity index (χ4v) is 2.03. The van der Waals surface area contributed by atoms with Gasteiger partial charge in [0.1, 0.15) is 12.1 Å². The van der Waals surface area contributed by atoms with Gasteiger partial charge in [-0.1, -0.05) is 13.8 Å². The van der Waals surface area contributed by atoms with E-state index in [1.807, 2.05) is 20.0 Å². The Bertz CT molecular complexity index is 715. The van der Waals surface area contributed by atoms with Gasteiger partial charge in [-0.3, -0.25) is 14.0 Å². The molecule has 0 bridgehead atoms. The number of fused-ring (bicyclic) bond motifs is 1. The summed E-state index contributed by atoms with van der Waals surface area (Å²) >= 11 is 0. The first-order chi connectivity index (χ1) is 9.97. The van der Waals surface area contributed by atoms with Crippen LogP contribution in [-0.4, -0.2) is 33.9 Å². The van der Waals surface area contributed by atoms with E-state index in [0.29, 0.717) is 5.52 Å². The minimum atomic E-state index is -0.505. The molecule has 7 heteroatoms. The molecule has 0 radical (unpaired) electrons. The number of carbonyl (C=O) groups excluding carboxylic acids is 1. The smallest absolute Gasteiger partial charge is 0.327 e. The molecule has 0 saturated heterocycles. The predicted molar refractivity (Wildman–Crippen MR) is 76.7 cm³/mol. The summed E-state index contributed by atoms with van der Waals surface area (Å²) in [5, 5.41) is 4.06. The van der Waals surface area contributed by atoms with Crippen molar-refractivity contribution < 1.29 is 14.3 Å². The zero-order valence-electron chi connectivity index (χ0n) is 12.6. The number of aromatic nitrogens is 3. The van der Waals surface area contributed by atoms with Crippen LogP contribution in [0, 0.1) is 0 Å². The van der Waals surface area contributed by atoms with Gasteiger partial charge in [0.05, 0.1) is 13.7 Å². The van der Waals surface area contributed by atoms with Crippen LogP contribution in [0.3, 0.4) is 0 Å². The van der Waals surface area contributed by atoms with Crippen LogP contribution in [0.15, 0.2) is 17.1 Å². The van der Waals surface area contributed by atoms with Crippen LogP contribution in [-0.2, 0) is 16.1 Å². The van der Waals surface area contributed by atoms with Gasteiger partial charge < -0.3 is 9.47 Å². The van der Waals surface area contributed by atoms with E-state index in [2.05, 4.69) is 5.10 Å². The highest BCUT2D eigenvalue weighted by Gasteiger charge is 2.16. The summed E-state index contributed by atoms with van der Waals surface area (Å²) in [5.41, 5.74) is 1.08. The molecule has 0 amide bonds. The Kier molecular flexibility index (Phi) is 4.30. The van der Waals surface area contributed by atoms with E-state index in [0.717, 1.165) is 10.2 Å². The van der Waals surface area contributed by atoms with Crippen LogP contribution < -0.4 is 10.3 Å². The van der Waals surface area contributed by atoms with Crippen molar-refractivity contribution in [2.45, 2.75) is 33.2 Å². The number of esters is 1. The van der Waals surface area contributed by atoms with Crippen LogP contribution in [0.5, 0.6) is 6.01 Å². The maximum Gasteiger partial charge on any atom is 0.327 e. The average Bonchev–Trinajstić information content (AvgIpc) is 2.88. The third-order valence-corrected chi connectivity index (χ3v) is 3.14. The first-order valence-electron chi connectivity index (χ1n) is 6.80. The minimum absolute atomic E-state index is 0.234. The lowest BCUT2D eigenvalue weighted by molar-refractivity contribution is -0.144. The van der Waals surface area contributed by atoms with Gasteiger partial charge in [0.15, 0.2) is 0 Å². The van der Waals surface area contributed by atoms with E-state index in [4.69, 9.17) is 9.47 Å². The summed E-state index contributed by atoms with van der Waals surface area (Å²) in [6.07, 6.45) is 1.82. The van der Waals surface area contributed by atoms with Crippen molar-refractivity contribution in [3.8, 4) is 6.01 Å². The number of carbonyl (C=O) groups is 1. The highest BCUT2D eigenvalue weighted by molar-refractivity contribution is 5.69. The number of hydrogen-bond acceptors (Lipinski definition) is 5. The molecular formula is C14H19N3O4. The van der Waals surface area contributed by atoms with Crippen molar-refractivity contribution in [3.63, 3.8) is 0 Å². The molecule has 0 unspecified atom stereocenters. The summed E-state index contributed by atoms with van der Waals surface area (Å²) in [5.74, 6) is -0.235. The summed E-state index contributed by atoms with van der Waals surface area (Å²) in [6, 6.07) is 2.04. The van der Waals surface area contributed by atoms with E-state index in [-0.39, 0.29) is 30.6 Å². The van der Waals surface area contributed by atoms with Crippen LogP contribution in [0.1, 0.15) is 32.3 Å². The molecule has 21 heavy (non-hydrogen) atoms. The highest BCUT2D eigenvalue weighted by atomic mass is 16.5. The zero-order chi connectivity index (χ0) is 15.6. The molecule has 7 nitrogen and oxygen atoms in total. The van der Waals surface area contributed by atoms with E-state index in [9.17, 15) is 9.59 Å².